The molecule has 0 aromatic heterocycles. The van der Waals surface area contributed by atoms with Crippen LogP contribution in [0.4, 0.5) is 5.69 Å². The van der Waals surface area contributed by atoms with Crippen molar-refractivity contribution in [1.82, 2.24) is 4.72 Å². The summed E-state index contributed by atoms with van der Waals surface area (Å²) in [4.78, 5) is 0.102. The van der Waals surface area contributed by atoms with E-state index in [4.69, 9.17) is 10.5 Å². The Kier molecular flexibility index (Phi) is 4.67. The van der Waals surface area contributed by atoms with E-state index in [2.05, 4.69) is 16.9 Å². The minimum atomic E-state index is -3.57. The molecule has 2 rings (SSSR count). The molecule has 0 fully saturated rings. The fraction of sp³-hybridized carbons (Fsp3) is 0.429. The Balaban J connectivity index is 2.08. The van der Waals surface area contributed by atoms with Crippen molar-refractivity contribution < 1.29 is 13.2 Å². The first-order valence-corrected chi connectivity index (χ1v) is 8.09. The minimum absolute atomic E-state index is 0.102. The van der Waals surface area contributed by atoms with Crippen LogP contribution < -0.4 is 15.2 Å². The summed E-state index contributed by atoms with van der Waals surface area (Å²) in [5.74, 6) is 0.896. The molecule has 0 spiro atoms. The van der Waals surface area contributed by atoms with E-state index >= 15 is 0 Å². The Morgan fingerprint density at radius 2 is 2.20 bits per heavy atom. The summed E-state index contributed by atoms with van der Waals surface area (Å²) in [5, 5.41) is 0. The molecule has 3 N–H and O–H groups in total. The number of hydrogen-bond donors (Lipinski definition) is 2. The van der Waals surface area contributed by atoms with Crippen LogP contribution in [0.2, 0.25) is 0 Å². The number of nitrogens with two attached hydrogens (primary N) is 1. The van der Waals surface area contributed by atoms with Crippen molar-refractivity contribution in [3.63, 3.8) is 0 Å². The van der Waals surface area contributed by atoms with E-state index in [0.717, 1.165) is 19.3 Å². The molecule has 1 aromatic carbocycles. The van der Waals surface area contributed by atoms with Crippen LogP contribution in [0, 0.1) is 5.92 Å². The molecule has 0 heterocycles. The van der Waals surface area contributed by atoms with Gasteiger partial charge in [0.2, 0.25) is 10.0 Å². The van der Waals surface area contributed by atoms with E-state index in [1.54, 1.807) is 6.07 Å². The number of hydrogen-bond acceptors (Lipinski definition) is 4. The standard InChI is InChI=1S/C14H20N2O3S/c1-19-12-7-8-14(13(15)9-12)20(17,18)16-10-11-5-3-2-4-6-11/h2-3,7-9,11,16H,4-6,10,15H2,1H3. The highest BCUT2D eigenvalue weighted by Gasteiger charge is 2.20. The molecule has 0 saturated heterocycles. The molecule has 1 atom stereocenters. The second kappa shape index (κ2) is 6.28. The first-order valence-electron chi connectivity index (χ1n) is 6.61. The summed E-state index contributed by atoms with van der Waals surface area (Å²) < 4.78 is 32.1. The highest BCUT2D eigenvalue weighted by molar-refractivity contribution is 7.89. The Morgan fingerprint density at radius 3 is 2.80 bits per heavy atom. The van der Waals surface area contributed by atoms with E-state index in [9.17, 15) is 8.42 Å². The maximum absolute atomic E-state index is 12.2. The topological polar surface area (TPSA) is 81.4 Å². The van der Waals surface area contributed by atoms with Crippen molar-refractivity contribution in [3.05, 3.63) is 30.4 Å². The minimum Gasteiger partial charge on any atom is -0.497 e. The van der Waals surface area contributed by atoms with Crippen molar-refractivity contribution >= 4 is 15.7 Å². The summed E-state index contributed by atoms with van der Waals surface area (Å²) in [6, 6.07) is 4.57. The quantitative estimate of drug-likeness (QED) is 0.642. The van der Waals surface area contributed by atoms with Gasteiger partial charge in [0.05, 0.1) is 12.8 Å². The summed E-state index contributed by atoms with van der Waals surface area (Å²) in [6.07, 6.45) is 7.17. The molecular weight excluding hydrogens is 276 g/mol. The third-order valence-corrected chi connectivity index (χ3v) is 4.94. The maximum atomic E-state index is 12.2. The molecule has 20 heavy (non-hydrogen) atoms. The molecule has 110 valence electrons. The summed E-state index contributed by atoms with van der Waals surface area (Å²) in [6.45, 7) is 0.443. The van der Waals surface area contributed by atoms with Crippen molar-refractivity contribution in [2.75, 3.05) is 19.4 Å². The van der Waals surface area contributed by atoms with Gasteiger partial charge in [-0.05, 0) is 37.3 Å². The van der Waals surface area contributed by atoms with Crippen LogP contribution in [0.15, 0.2) is 35.2 Å². The van der Waals surface area contributed by atoms with Crippen molar-refractivity contribution in [3.8, 4) is 5.75 Å². The average molecular weight is 296 g/mol. The third kappa shape index (κ3) is 3.52. The van der Waals surface area contributed by atoms with E-state index < -0.39 is 10.0 Å². The molecule has 0 bridgehead atoms. The molecule has 6 heteroatoms. The summed E-state index contributed by atoms with van der Waals surface area (Å²) in [5.41, 5.74) is 5.98. The van der Waals surface area contributed by atoms with Crippen molar-refractivity contribution in [2.45, 2.75) is 24.2 Å². The fourth-order valence-corrected chi connectivity index (χ4v) is 3.47. The molecule has 0 amide bonds. The largest absolute Gasteiger partial charge is 0.497 e. The molecular formula is C14H20N2O3S. The molecule has 0 saturated carbocycles. The van der Waals surface area contributed by atoms with Gasteiger partial charge in [0.1, 0.15) is 10.6 Å². The zero-order valence-corrected chi connectivity index (χ0v) is 12.3. The van der Waals surface area contributed by atoms with Crippen molar-refractivity contribution in [1.29, 1.82) is 0 Å². The number of allylic oxidation sites excluding steroid dienone is 2. The van der Waals surface area contributed by atoms with Crippen LogP contribution in [0.5, 0.6) is 5.75 Å². The number of nitrogen functional groups attached to an aromatic ring is 1. The lowest BCUT2D eigenvalue weighted by Gasteiger charge is -2.18. The zero-order valence-electron chi connectivity index (χ0n) is 11.5. The van der Waals surface area contributed by atoms with Gasteiger partial charge in [-0.2, -0.15) is 0 Å². The summed E-state index contributed by atoms with van der Waals surface area (Å²) in [7, 11) is -2.06. The van der Waals surface area contributed by atoms with Gasteiger partial charge in [-0.3, -0.25) is 0 Å². The number of benzene rings is 1. The van der Waals surface area contributed by atoms with Crippen LogP contribution in [-0.4, -0.2) is 22.1 Å². The lowest BCUT2D eigenvalue weighted by Crippen LogP contribution is -2.30. The lowest BCUT2D eigenvalue weighted by molar-refractivity contribution is 0.414. The first kappa shape index (κ1) is 14.9. The van der Waals surface area contributed by atoms with Crippen LogP contribution in [0.3, 0.4) is 0 Å². The van der Waals surface area contributed by atoms with E-state index in [0.29, 0.717) is 18.2 Å². The van der Waals surface area contributed by atoms with Gasteiger partial charge in [0, 0.05) is 12.6 Å². The number of rotatable bonds is 5. The van der Waals surface area contributed by atoms with E-state index in [1.807, 2.05) is 0 Å². The monoisotopic (exact) mass is 296 g/mol. The van der Waals surface area contributed by atoms with Gasteiger partial charge < -0.3 is 10.5 Å². The molecule has 1 aliphatic carbocycles. The first-order chi connectivity index (χ1) is 9.53. The van der Waals surface area contributed by atoms with E-state index in [1.165, 1.54) is 19.2 Å². The highest BCUT2D eigenvalue weighted by Crippen LogP contribution is 2.24. The Labute approximate surface area is 119 Å². The second-order valence-corrected chi connectivity index (χ2v) is 6.64. The lowest BCUT2D eigenvalue weighted by atomic mass is 9.95. The number of anilines is 1. The van der Waals surface area contributed by atoms with Crippen LogP contribution in [0.1, 0.15) is 19.3 Å². The summed E-state index contributed by atoms with van der Waals surface area (Å²) >= 11 is 0. The van der Waals surface area contributed by atoms with Crippen LogP contribution >= 0.6 is 0 Å². The third-order valence-electron chi connectivity index (χ3n) is 3.45. The SMILES string of the molecule is COc1ccc(S(=O)(=O)NCC2CC=CCC2)c(N)c1. The maximum Gasteiger partial charge on any atom is 0.242 e. The number of methoxy groups -OCH3 is 1. The molecule has 1 unspecified atom stereocenters. The van der Waals surface area contributed by atoms with Gasteiger partial charge in [-0.1, -0.05) is 12.2 Å². The fourth-order valence-electron chi connectivity index (χ4n) is 2.25. The predicted octanol–water partition coefficient (Wildman–Crippen LogP) is 1.91. The number of sulfonamides is 1. The normalized spacial score (nSPS) is 18.9. The van der Waals surface area contributed by atoms with Gasteiger partial charge >= 0.3 is 0 Å². The number of nitrogens with one attached hydrogen (secondary N) is 1. The smallest absolute Gasteiger partial charge is 0.242 e. The predicted molar refractivity (Wildman–Crippen MR) is 79.1 cm³/mol. The Bertz CT molecular complexity index is 596. The second-order valence-electron chi connectivity index (χ2n) is 4.91. The Morgan fingerprint density at radius 1 is 1.40 bits per heavy atom. The van der Waals surface area contributed by atoms with Crippen LogP contribution in [0.25, 0.3) is 0 Å². The number of ether oxygens (including phenoxy) is 1. The van der Waals surface area contributed by atoms with Crippen LogP contribution in [-0.2, 0) is 10.0 Å². The zero-order chi connectivity index (χ0) is 14.6. The molecule has 5 nitrogen and oxygen atoms in total. The molecule has 0 radical (unpaired) electrons. The van der Waals surface area contributed by atoms with E-state index in [-0.39, 0.29) is 10.6 Å². The van der Waals surface area contributed by atoms with Gasteiger partial charge in [-0.15, -0.1) is 0 Å². The van der Waals surface area contributed by atoms with Gasteiger partial charge in [0.25, 0.3) is 0 Å². The average Bonchev–Trinajstić information content (AvgIpc) is 2.46. The molecule has 1 aromatic rings. The van der Waals surface area contributed by atoms with Crippen molar-refractivity contribution in [2.24, 2.45) is 5.92 Å². The van der Waals surface area contributed by atoms with Gasteiger partial charge in [0.15, 0.2) is 0 Å². The Hall–Kier alpha value is -1.53. The molecule has 0 aliphatic heterocycles. The highest BCUT2D eigenvalue weighted by atomic mass is 32.2. The van der Waals surface area contributed by atoms with Gasteiger partial charge in [-0.25, -0.2) is 13.1 Å². The molecule has 1 aliphatic rings.